The third kappa shape index (κ3) is 2.44. The Morgan fingerprint density at radius 1 is 1.69 bits per heavy atom. The summed E-state index contributed by atoms with van der Waals surface area (Å²) in [4.78, 5) is 11.5. The molecule has 2 unspecified atom stereocenters. The molecular weight excluding hydrogens is 210 g/mol. The van der Waals surface area contributed by atoms with E-state index in [-0.39, 0.29) is 35.7 Å². The van der Waals surface area contributed by atoms with Gasteiger partial charge in [0.25, 0.3) is 0 Å². The fraction of sp³-hybridized carbons (Fsp3) is 0.800. The molecule has 1 fully saturated rings. The molecule has 0 aromatic carbocycles. The van der Waals surface area contributed by atoms with Crippen LogP contribution in [0.5, 0.6) is 0 Å². The molecule has 2 atom stereocenters. The number of methoxy groups -OCH3 is 1. The van der Waals surface area contributed by atoms with Crippen LogP contribution in [0.25, 0.3) is 0 Å². The molecule has 0 aliphatic heterocycles. The summed E-state index contributed by atoms with van der Waals surface area (Å²) in [6.45, 7) is 4.08. The Balaban J connectivity index is 2.43. The first-order valence-corrected chi connectivity index (χ1v) is 5.20. The summed E-state index contributed by atoms with van der Waals surface area (Å²) < 4.78 is 5.28. The average molecular weight is 229 g/mol. The van der Waals surface area contributed by atoms with E-state index in [0.717, 1.165) is 6.42 Å². The monoisotopic (exact) mass is 229 g/mol. The SMILES string of the molecule is COC1CC(NC(=O)CC(N)=NO)C1(C)C. The Kier molecular flexibility index (Phi) is 3.74. The zero-order valence-corrected chi connectivity index (χ0v) is 9.86. The molecule has 0 saturated heterocycles. The van der Waals surface area contributed by atoms with Gasteiger partial charge in [0.05, 0.1) is 12.5 Å². The number of nitrogens with zero attached hydrogens (tertiary/aromatic N) is 1. The lowest BCUT2D eigenvalue weighted by molar-refractivity contribution is -0.131. The molecule has 16 heavy (non-hydrogen) atoms. The smallest absolute Gasteiger partial charge is 0.227 e. The summed E-state index contributed by atoms with van der Waals surface area (Å²) in [5.41, 5.74) is 5.17. The molecule has 1 aliphatic carbocycles. The molecule has 0 aromatic heterocycles. The molecule has 0 aromatic rings. The second kappa shape index (κ2) is 4.69. The number of ether oxygens (including phenoxy) is 1. The second-order valence-corrected chi connectivity index (χ2v) is 4.67. The van der Waals surface area contributed by atoms with Gasteiger partial charge in [-0.25, -0.2) is 0 Å². The molecule has 92 valence electrons. The summed E-state index contributed by atoms with van der Waals surface area (Å²) in [7, 11) is 1.67. The van der Waals surface area contributed by atoms with Gasteiger partial charge in [-0.2, -0.15) is 0 Å². The van der Waals surface area contributed by atoms with E-state index in [1.165, 1.54) is 0 Å². The van der Waals surface area contributed by atoms with Gasteiger partial charge in [-0.3, -0.25) is 4.79 Å². The number of nitrogens with two attached hydrogens (primary N) is 1. The molecule has 0 bridgehead atoms. The van der Waals surface area contributed by atoms with Crippen molar-refractivity contribution in [3.63, 3.8) is 0 Å². The minimum absolute atomic E-state index is 0.0739. The highest BCUT2D eigenvalue weighted by atomic mass is 16.5. The number of carbonyl (C=O) groups is 1. The molecule has 0 radical (unpaired) electrons. The minimum Gasteiger partial charge on any atom is -0.409 e. The molecule has 0 spiro atoms. The van der Waals surface area contributed by atoms with Crippen LogP contribution < -0.4 is 11.1 Å². The van der Waals surface area contributed by atoms with Crippen LogP contribution >= 0.6 is 0 Å². The fourth-order valence-corrected chi connectivity index (χ4v) is 1.98. The van der Waals surface area contributed by atoms with Crippen molar-refractivity contribution >= 4 is 11.7 Å². The van der Waals surface area contributed by atoms with Crippen LogP contribution in [-0.2, 0) is 9.53 Å². The standard InChI is InChI=1S/C10H19N3O3/c1-10(2)6(4-7(10)16-3)12-9(14)5-8(11)13-15/h6-7,15H,4-5H2,1-3H3,(H2,11,13)(H,12,14). The lowest BCUT2D eigenvalue weighted by atomic mass is 9.64. The maximum absolute atomic E-state index is 11.5. The third-order valence-electron chi connectivity index (χ3n) is 3.27. The van der Waals surface area contributed by atoms with Crippen LogP contribution in [0.2, 0.25) is 0 Å². The van der Waals surface area contributed by atoms with E-state index < -0.39 is 0 Å². The van der Waals surface area contributed by atoms with Crippen LogP contribution in [0.1, 0.15) is 26.7 Å². The Morgan fingerprint density at radius 3 is 2.75 bits per heavy atom. The van der Waals surface area contributed by atoms with Crippen LogP contribution in [-0.4, -0.2) is 36.2 Å². The Labute approximate surface area is 94.8 Å². The highest BCUT2D eigenvalue weighted by molar-refractivity contribution is 5.98. The van der Waals surface area contributed by atoms with Gasteiger partial charge in [-0.15, -0.1) is 0 Å². The molecule has 1 amide bonds. The number of amidine groups is 1. The van der Waals surface area contributed by atoms with Crippen molar-refractivity contribution in [1.29, 1.82) is 0 Å². The van der Waals surface area contributed by atoms with E-state index in [2.05, 4.69) is 10.5 Å². The van der Waals surface area contributed by atoms with Gasteiger partial charge < -0.3 is 21.0 Å². The number of hydrogen-bond acceptors (Lipinski definition) is 4. The number of hydrogen-bond donors (Lipinski definition) is 3. The molecule has 0 heterocycles. The van der Waals surface area contributed by atoms with E-state index in [1.54, 1.807) is 7.11 Å². The van der Waals surface area contributed by atoms with E-state index >= 15 is 0 Å². The number of nitrogens with one attached hydrogen (secondary N) is 1. The first kappa shape index (κ1) is 12.8. The van der Waals surface area contributed by atoms with Crippen LogP contribution in [0, 0.1) is 5.41 Å². The van der Waals surface area contributed by atoms with Crippen molar-refractivity contribution < 1.29 is 14.7 Å². The first-order chi connectivity index (χ1) is 7.41. The molecule has 6 nitrogen and oxygen atoms in total. The van der Waals surface area contributed by atoms with Crippen molar-refractivity contribution in [2.24, 2.45) is 16.3 Å². The third-order valence-corrected chi connectivity index (χ3v) is 3.27. The Bertz CT molecular complexity index is 302. The summed E-state index contributed by atoms with van der Waals surface area (Å²) in [5, 5.41) is 13.9. The topological polar surface area (TPSA) is 96.9 Å². The van der Waals surface area contributed by atoms with Gasteiger partial charge in [-0.05, 0) is 6.42 Å². The molecule has 4 N–H and O–H groups in total. The molecule has 6 heteroatoms. The van der Waals surface area contributed by atoms with Crippen molar-refractivity contribution in [2.75, 3.05) is 7.11 Å². The van der Waals surface area contributed by atoms with Crippen molar-refractivity contribution in [3.8, 4) is 0 Å². The van der Waals surface area contributed by atoms with Crippen molar-refractivity contribution in [1.82, 2.24) is 5.32 Å². The average Bonchev–Trinajstić information content (AvgIpc) is 2.23. The molecule has 1 saturated carbocycles. The highest BCUT2D eigenvalue weighted by Crippen LogP contribution is 2.42. The first-order valence-electron chi connectivity index (χ1n) is 5.20. The number of amides is 1. The quantitative estimate of drug-likeness (QED) is 0.275. The van der Waals surface area contributed by atoms with E-state index in [1.807, 2.05) is 13.8 Å². The van der Waals surface area contributed by atoms with Gasteiger partial charge in [0.2, 0.25) is 5.91 Å². The normalized spacial score (nSPS) is 28.3. The zero-order chi connectivity index (χ0) is 12.3. The lowest BCUT2D eigenvalue weighted by Crippen LogP contribution is -2.62. The maximum Gasteiger partial charge on any atom is 0.227 e. The predicted molar refractivity (Wildman–Crippen MR) is 59.2 cm³/mol. The van der Waals surface area contributed by atoms with E-state index in [0.29, 0.717) is 0 Å². The van der Waals surface area contributed by atoms with Gasteiger partial charge in [0.1, 0.15) is 5.84 Å². The summed E-state index contributed by atoms with van der Waals surface area (Å²) >= 11 is 0. The highest BCUT2D eigenvalue weighted by Gasteiger charge is 2.49. The zero-order valence-electron chi connectivity index (χ0n) is 9.86. The van der Waals surface area contributed by atoms with Crippen LogP contribution in [0.4, 0.5) is 0 Å². The number of rotatable bonds is 4. The number of carbonyl (C=O) groups excluding carboxylic acids is 1. The molecule has 1 rings (SSSR count). The largest absolute Gasteiger partial charge is 0.409 e. The van der Waals surface area contributed by atoms with Crippen LogP contribution in [0.3, 0.4) is 0 Å². The van der Waals surface area contributed by atoms with Crippen LogP contribution in [0.15, 0.2) is 5.16 Å². The Morgan fingerprint density at radius 2 is 2.31 bits per heavy atom. The molecule has 1 aliphatic rings. The van der Waals surface area contributed by atoms with E-state index in [4.69, 9.17) is 15.7 Å². The fourth-order valence-electron chi connectivity index (χ4n) is 1.98. The van der Waals surface area contributed by atoms with Gasteiger partial charge >= 0.3 is 0 Å². The van der Waals surface area contributed by atoms with Crippen molar-refractivity contribution in [2.45, 2.75) is 38.8 Å². The van der Waals surface area contributed by atoms with E-state index in [9.17, 15) is 4.79 Å². The second-order valence-electron chi connectivity index (χ2n) is 4.67. The summed E-state index contributed by atoms with van der Waals surface area (Å²) in [6, 6.07) is 0.0800. The maximum atomic E-state index is 11.5. The van der Waals surface area contributed by atoms with Gasteiger partial charge in [-0.1, -0.05) is 19.0 Å². The molecular formula is C10H19N3O3. The Hall–Kier alpha value is -1.30. The number of oxime groups is 1. The predicted octanol–water partition coefficient (Wildman–Crippen LogP) is 0.0526. The summed E-state index contributed by atoms with van der Waals surface area (Å²) in [6.07, 6.45) is 0.883. The van der Waals surface area contributed by atoms with Crippen molar-refractivity contribution in [3.05, 3.63) is 0 Å². The summed E-state index contributed by atoms with van der Waals surface area (Å²) in [5.74, 6) is -0.319. The van der Waals surface area contributed by atoms with Gasteiger partial charge in [0.15, 0.2) is 0 Å². The lowest BCUT2D eigenvalue weighted by Gasteiger charge is -2.51. The van der Waals surface area contributed by atoms with Gasteiger partial charge in [0, 0.05) is 18.6 Å². The minimum atomic E-state index is -0.233.